The van der Waals surface area contributed by atoms with E-state index >= 15 is 0 Å². The summed E-state index contributed by atoms with van der Waals surface area (Å²) in [6.07, 6.45) is 3.82. The average molecular weight is 312 g/mol. The highest BCUT2D eigenvalue weighted by molar-refractivity contribution is 5.85. The molecule has 0 aromatic carbocycles. The van der Waals surface area contributed by atoms with Crippen molar-refractivity contribution in [3.8, 4) is 0 Å². The minimum Gasteiger partial charge on any atom is -0.453 e. The van der Waals surface area contributed by atoms with Crippen LogP contribution >= 0.6 is 0 Å². The molecule has 0 aliphatic heterocycles. The van der Waals surface area contributed by atoms with Crippen molar-refractivity contribution in [3.05, 3.63) is 25.1 Å². The van der Waals surface area contributed by atoms with Crippen molar-refractivity contribution in [1.29, 1.82) is 0 Å². The van der Waals surface area contributed by atoms with Gasteiger partial charge in [0.25, 0.3) is 0 Å². The predicted octanol–water partition coefficient (Wildman–Crippen LogP) is 0.982. The van der Waals surface area contributed by atoms with Gasteiger partial charge in [-0.3, -0.25) is 4.79 Å². The lowest BCUT2D eigenvalue weighted by Crippen LogP contribution is -2.49. The van der Waals surface area contributed by atoms with Gasteiger partial charge < -0.3 is 26.4 Å². The molecule has 0 aliphatic rings. The van der Waals surface area contributed by atoms with E-state index in [4.69, 9.17) is 5.73 Å². The van der Waals surface area contributed by atoms with Gasteiger partial charge in [0, 0.05) is 12.6 Å². The molecule has 0 aromatic heterocycles. The fourth-order valence-electron chi connectivity index (χ4n) is 1.83. The third kappa shape index (κ3) is 9.68. The molecule has 7 heteroatoms. The number of allylic oxidation sites excluding steroid dienone is 1. The van der Waals surface area contributed by atoms with Crippen molar-refractivity contribution in [2.24, 2.45) is 5.73 Å². The molecule has 2 amide bonds. The van der Waals surface area contributed by atoms with E-state index in [0.717, 1.165) is 12.8 Å². The molecule has 2 atom stereocenters. The van der Waals surface area contributed by atoms with Crippen LogP contribution in [0.15, 0.2) is 25.1 Å². The lowest BCUT2D eigenvalue weighted by atomic mass is 10.1. The largest absolute Gasteiger partial charge is 0.453 e. The molecule has 0 radical (unpaired) electrons. The first-order valence-electron chi connectivity index (χ1n) is 7.34. The topological polar surface area (TPSA) is 105 Å². The van der Waals surface area contributed by atoms with E-state index in [0.29, 0.717) is 25.2 Å². The zero-order chi connectivity index (χ0) is 17.0. The predicted molar refractivity (Wildman–Crippen MR) is 86.9 cm³/mol. The average Bonchev–Trinajstić information content (AvgIpc) is 2.47. The van der Waals surface area contributed by atoms with Gasteiger partial charge in [0.15, 0.2) is 0 Å². The highest BCUT2D eigenvalue weighted by atomic mass is 16.5. The monoisotopic (exact) mass is 312 g/mol. The Hall–Kier alpha value is -2.18. The highest BCUT2D eigenvalue weighted by Crippen LogP contribution is 2.02. The summed E-state index contributed by atoms with van der Waals surface area (Å²) in [7, 11) is 1.26. The Bertz CT molecular complexity index is 385. The zero-order valence-corrected chi connectivity index (χ0v) is 13.5. The summed E-state index contributed by atoms with van der Waals surface area (Å²) in [5.41, 5.74) is 5.40. The molecule has 22 heavy (non-hydrogen) atoms. The van der Waals surface area contributed by atoms with Gasteiger partial charge in [-0.25, -0.2) is 4.79 Å². The third-order valence-corrected chi connectivity index (χ3v) is 3.01. The number of ether oxygens (including phenoxy) is 1. The fraction of sp³-hybridized carbons (Fsp3) is 0.600. The van der Waals surface area contributed by atoms with Crippen LogP contribution in [0.4, 0.5) is 4.79 Å². The summed E-state index contributed by atoms with van der Waals surface area (Å²) >= 11 is 0. The molecule has 0 heterocycles. The number of hydrogen-bond donors (Lipinski definition) is 4. The number of carbonyl (C=O) groups is 2. The van der Waals surface area contributed by atoms with Crippen molar-refractivity contribution in [3.63, 3.8) is 0 Å². The summed E-state index contributed by atoms with van der Waals surface area (Å²) in [6, 6.07) is -0.638. The first-order chi connectivity index (χ1) is 10.4. The van der Waals surface area contributed by atoms with Gasteiger partial charge in [-0.15, -0.1) is 6.58 Å². The van der Waals surface area contributed by atoms with Gasteiger partial charge >= 0.3 is 6.09 Å². The van der Waals surface area contributed by atoms with Gasteiger partial charge in [0.2, 0.25) is 5.91 Å². The molecule has 5 N–H and O–H groups in total. The van der Waals surface area contributed by atoms with Crippen molar-refractivity contribution in [1.82, 2.24) is 16.0 Å². The van der Waals surface area contributed by atoms with Gasteiger partial charge in [-0.05, 0) is 32.6 Å². The SMILES string of the molecule is C=CCC[C@H](NC(=O)OC)C(=O)N[C@@H](C)CCCNC(=C)N. The van der Waals surface area contributed by atoms with E-state index in [1.165, 1.54) is 7.11 Å². The van der Waals surface area contributed by atoms with Crippen LogP contribution in [-0.4, -0.2) is 37.7 Å². The molecule has 0 rings (SSSR count). The van der Waals surface area contributed by atoms with Crippen LogP contribution in [0.25, 0.3) is 0 Å². The normalized spacial score (nSPS) is 12.6. The first kappa shape index (κ1) is 19.8. The smallest absolute Gasteiger partial charge is 0.407 e. The molecule has 0 aromatic rings. The van der Waals surface area contributed by atoms with Crippen LogP contribution in [0.5, 0.6) is 0 Å². The molecule has 0 saturated heterocycles. The molecule has 7 nitrogen and oxygen atoms in total. The number of alkyl carbamates (subject to hydrolysis) is 1. The maximum absolute atomic E-state index is 12.2. The van der Waals surface area contributed by atoms with Crippen LogP contribution in [0.1, 0.15) is 32.6 Å². The van der Waals surface area contributed by atoms with Crippen LogP contribution in [-0.2, 0) is 9.53 Å². The van der Waals surface area contributed by atoms with E-state index < -0.39 is 12.1 Å². The van der Waals surface area contributed by atoms with E-state index in [2.05, 4.69) is 33.8 Å². The maximum Gasteiger partial charge on any atom is 0.407 e. The van der Waals surface area contributed by atoms with Gasteiger partial charge in [0.05, 0.1) is 12.9 Å². The van der Waals surface area contributed by atoms with Crippen LogP contribution < -0.4 is 21.7 Å². The molecular weight excluding hydrogens is 284 g/mol. The fourth-order valence-corrected chi connectivity index (χ4v) is 1.83. The Morgan fingerprint density at radius 3 is 2.55 bits per heavy atom. The molecule has 0 bridgehead atoms. The lowest BCUT2D eigenvalue weighted by Gasteiger charge is -2.20. The van der Waals surface area contributed by atoms with Gasteiger partial charge in [-0.2, -0.15) is 0 Å². The van der Waals surface area contributed by atoms with Crippen LogP contribution in [0.2, 0.25) is 0 Å². The number of amides is 2. The number of nitrogens with one attached hydrogen (secondary N) is 3. The van der Waals surface area contributed by atoms with E-state index in [9.17, 15) is 9.59 Å². The van der Waals surface area contributed by atoms with Crippen molar-refractivity contribution in [2.75, 3.05) is 13.7 Å². The second kappa shape index (κ2) is 11.5. The summed E-state index contributed by atoms with van der Waals surface area (Å²) in [4.78, 5) is 23.5. The van der Waals surface area contributed by atoms with Crippen molar-refractivity contribution in [2.45, 2.75) is 44.7 Å². The summed E-state index contributed by atoms with van der Waals surface area (Å²) in [5, 5.41) is 8.33. The Balaban J connectivity index is 4.25. The third-order valence-electron chi connectivity index (χ3n) is 3.01. The maximum atomic E-state index is 12.2. The van der Waals surface area contributed by atoms with Crippen LogP contribution in [0, 0.1) is 0 Å². The summed E-state index contributed by atoms with van der Waals surface area (Å²) in [5.74, 6) is 0.208. The number of methoxy groups -OCH3 is 1. The van der Waals surface area contributed by atoms with E-state index in [1.807, 2.05) is 6.92 Å². The Morgan fingerprint density at radius 2 is 2.00 bits per heavy atom. The van der Waals surface area contributed by atoms with Gasteiger partial charge in [-0.1, -0.05) is 12.7 Å². The Labute approximate surface area is 132 Å². The number of hydrogen-bond acceptors (Lipinski definition) is 5. The highest BCUT2D eigenvalue weighted by Gasteiger charge is 2.21. The number of carbonyl (C=O) groups excluding carboxylic acids is 2. The first-order valence-corrected chi connectivity index (χ1v) is 7.34. The minimum absolute atomic E-state index is 0.00832. The Kier molecular flexibility index (Phi) is 10.3. The van der Waals surface area contributed by atoms with E-state index in [-0.39, 0.29) is 11.9 Å². The van der Waals surface area contributed by atoms with Gasteiger partial charge in [0.1, 0.15) is 6.04 Å². The molecule has 126 valence electrons. The van der Waals surface area contributed by atoms with Crippen molar-refractivity contribution >= 4 is 12.0 Å². The van der Waals surface area contributed by atoms with Crippen molar-refractivity contribution < 1.29 is 14.3 Å². The second-order valence-corrected chi connectivity index (χ2v) is 5.06. The zero-order valence-electron chi connectivity index (χ0n) is 13.5. The number of nitrogens with two attached hydrogens (primary N) is 1. The quantitative estimate of drug-likeness (QED) is 0.336. The van der Waals surface area contributed by atoms with Crippen LogP contribution in [0.3, 0.4) is 0 Å². The molecule has 0 saturated carbocycles. The summed E-state index contributed by atoms with van der Waals surface area (Å²) < 4.78 is 4.53. The molecule has 0 fully saturated rings. The Morgan fingerprint density at radius 1 is 1.32 bits per heavy atom. The molecule has 0 aliphatic carbocycles. The lowest BCUT2D eigenvalue weighted by molar-refractivity contribution is -0.123. The molecule has 0 unspecified atom stereocenters. The minimum atomic E-state index is -0.630. The second-order valence-electron chi connectivity index (χ2n) is 5.06. The number of rotatable bonds is 11. The van der Waals surface area contributed by atoms with E-state index in [1.54, 1.807) is 6.08 Å². The standard InChI is InChI=1S/C15H28N4O3/c1-5-6-9-13(19-15(21)22-4)14(20)18-11(2)8-7-10-17-12(3)16/h5,11,13,17H,1,3,6-10,16H2,2,4H3,(H,18,20)(H,19,21)/t11-,13-/m0/s1. The summed E-state index contributed by atoms with van der Waals surface area (Å²) in [6.45, 7) is 9.78. The molecule has 0 spiro atoms. The molecular formula is C15H28N4O3.